The number of aliphatic imine (C=N–C) groups is 3. The first-order valence-electron chi connectivity index (χ1n) is 13.5. The molecular formula is C31H33FN6O4S. The predicted octanol–water partition coefficient (Wildman–Crippen LogP) is 6.27. The Hall–Kier alpha value is -4.55. The maximum atomic E-state index is 13.0. The first-order chi connectivity index (χ1) is 20.6. The molecule has 0 spiro atoms. The fraction of sp³-hybridized carbons (Fsp3) is 0.258. The molecule has 0 aromatic heterocycles. The average molecular weight is 605 g/mol. The van der Waals surface area contributed by atoms with Crippen molar-refractivity contribution in [3.05, 3.63) is 82.9 Å². The first-order valence-corrected chi connectivity index (χ1v) is 14.5. The zero-order valence-corrected chi connectivity index (χ0v) is 25.2. The number of hydrogen-bond acceptors (Lipinski definition) is 6. The number of carbonyl (C=O) groups is 2. The molecule has 3 aromatic carbocycles. The topological polar surface area (TPSA) is 131 Å². The van der Waals surface area contributed by atoms with Crippen LogP contribution in [0.15, 0.2) is 75.6 Å². The van der Waals surface area contributed by atoms with Crippen molar-refractivity contribution in [3.63, 3.8) is 0 Å². The van der Waals surface area contributed by atoms with Gasteiger partial charge in [-0.25, -0.2) is 19.2 Å². The summed E-state index contributed by atoms with van der Waals surface area (Å²) in [5.74, 6) is 0.656. The number of benzene rings is 3. The van der Waals surface area contributed by atoms with Crippen molar-refractivity contribution < 1.29 is 23.5 Å². The van der Waals surface area contributed by atoms with Crippen LogP contribution >= 0.6 is 11.8 Å². The number of halogens is 1. The van der Waals surface area contributed by atoms with E-state index in [1.54, 1.807) is 42.5 Å². The van der Waals surface area contributed by atoms with Crippen LogP contribution in [0.1, 0.15) is 36.1 Å². The number of thioether (sulfide) groups is 1. The Morgan fingerprint density at radius 1 is 1.16 bits per heavy atom. The summed E-state index contributed by atoms with van der Waals surface area (Å²) in [6, 6.07) is 16.9. The lowest BCUT2D eigenvalue weighted by Crippen LogP contribution is -2.31. The minimum atomic E-state index is -1.40. The van der Waals surface area contributed by atoms with Crippen molar-refractivity contribution in [2.45, 2.75) is 40.7 Å². The second-order valence-corrected chi connectivity index (χ2v) is 10.5. The molecule has 1 atom stereocenters. The van der Waals surface area contributed by atoms with E-state index in [2.05, 4.69) is 20.3 Å². The lowest BCUT2D eigenvalue weighted by Gasteiger charge is -2.20. The summed E-state index contributed by atoms with van der Waals surface area (Å²) in [5.41, 5.74) is 11.1. The summed E-state index contributed by atoms with van der Waals surface area (Å²) in [4.78, 5) is 39.9. The van der Waals surface area contributed by atoms with Gasteiger partial charge in [0.05, 0.1) is 23.7 Å². The smallest absolute Gasteiger partial charge is 0.347 e. The third-order valence-electron chi connectivity index (χ3n) is 6.21. The number of amidine groups is 2. The minimum Gasteiger partial charge on any atom is -0.461 e. The Labute approximate surface area is 253 Å². The summed E-state index contributed by atoms with van der Waals surface area (Å²) in [5, 5.41) is 3.09. The number of amides is 3. The fourth-order valence-corrected chi connectivity index (χ4v) is 4.98. The van der Waals surface area contributed by atoms with E-state index in [1.165, 1.54) is 29.9 Å². The molecule has 43 heavy (non-hydrogen) atoms. The molecule has 3 aromatic rings. The van der Waals surface area contributed by atoms with Gasteiger partial charge in [-0.05, 0) is 80.4 Å². The zero-order chi connectivity index (χ0) is 30.9. The Morgan fingerprint density at radius 2 is 1.93 bits per heavy atom. The molecule has 224 valence electrons. The molecule has 1 fully saturated rings. The molecule has 1 saturated heterocycles. The molecule has 10 nitrogen and oxygen atoms in total. The minimum absolute atomic E-state index is 0.156. The monoisotopic (exact) mass is 604 g/mol. The van der Waals surface area contributed by atoms with E-state index in [9.17, 15) is 14.0 Å². The molecule has 0 bridgehead atoms. The maximum absolute atomic E-state index is 13.0. The van der Waals surface area contributed by atoms with E-state index in [1.807, 2.05) is 39.0 Å². The highest BCUT2D eigenvalue weighted by atomic mass is 32.2. The quantitative estimate of drug-likeness (QED) is 0.207. The number of nitrogens with zero attached hydrogens (tertiary/aromatic N) is 4. The van der Waals surface area contributed by atoms with Gasteiger partial charge < -0.3 is 20.5 Å². The van der Waals surface area contributed by atoms with Crippen LogP contribution in [-0.4, -0.2) is 48.0 Å². The van der Waals surface area contributed by atoms with Crippen LogP contribution < -0.4 is 20.7 Å². The third-order valence-corrected chi connectivity index (χ3v) is 7.13. The van der Waals surface area contributed by atoms with E-state index in [4.69, 9.17) is 15.2 Å². The van der Waals surface area contributed by atoms with E-state index in [-0.39, 0.29) is 17.5 Å². The van der Waals surface area contributed by atoms with E-state index < -0.39 is 12.4 Å². The van der Waals surface area contributed by atoms with Crippen LogP contribution in [0.5, 0.6) is 5.75 Å². The number of aryl methyl sites for hydroxylation is 2. The molecule has 0 radical (unpaired) electrons. The van der Waals surface area contributed by atoms with Crippen LogP contribution in [0.25, 0.3) is 0 Å². The van der Waals surface area contributed by atoms with Gasteiger partial charge in [-0.15, -0.1) is 0 Å². The summed E-state index contributed by atoms with van der Waals surface area (Å²) < 4.78 is 23.5. The van der Waals surface area contributed by atoms with Gasteiger partial charge >= 0.3 is 6.03 Å². The van der Waals surface area contributed by atoms with Crippen LogP contribution in [0, 0.1) is 13.8 Å². The van der Waals surface area contributed by atoms with E-state index >= 15 is 0 Å². The predicted molar refractivity (Wildman–Crippen MR) is 171 cm³/mol. The normalized spacial score (nSPS) is 15.4. The van der Waals surface area contributed by atoms with Crippen molar-refractivity contribution in [1.82, 2.24) is 0 Å². The number of nitrogens with two attached hydrogens (primary N) is 1. The zero-order valence-electron chi connectivity index (χ0n) is 24.3. The standard InChI is InChI=1S/C31H33FN6O4S/c1-5-41-16-23-7-6-19(2)14-27(23)38-28(39)17-43-31(38)37-30(40)36-26-13-8-22(15-20(26)3)29(33)35-18-34-24-9-11-25(12-10-24)42-21(4)32/h6-15,18,21H,5,16-17H2,1-4H3,(H,36,40)(H2,33,34,35)/b37-31-. The Bertz CT molecular complexity index is 1570. The van der Waals surface area contributed by atoms with Gasteiger partial charge in [0.2, 0.25) is 12.3 Å². The van der Waals surface area contributed by atoms with E-state index in [0.29, 0.717) is 46.8 Å². The maximum Gasteiger partial charge on any atom is 0.347 e. The van der Waals surface area contributed by atoms with Crippen molar-refractivity contribution in [3.8, 4) is 5.75 Å². The highest BCUT2D eigenvalue weighted by Crippen LogP contribution is 2.31. The highest BCUT2D eigenvalue weighted by molar-refractivity contribution is 8.15. The van der Waals surface area contributed by atoms with Crippen LogP contribution in [0.3, 0.4) is 0 Å². The molecule has 1 aliphatic rings. The second-order valence-electron chi connectivity index (χ2n) is 9.56. The number of urea groups is 1. The van der Waals surface area contributed by atoms with Crippen LogP contribution in [0.2, 0.25) is 0 Å². The van der Waals surface area contributed by atoms with Gasteiger partial charge in [-0.1, -0.05) is 23.9 Å². The van der Waals surface area contributed by atoms with Crippen LogP contribution in [-0.2, 0) is 16.1 Å². The highest BCUT2D eigenvalue weighted by Gasteiger charge is 2.32. The summed E-state index contributed by atoms with van der Waals surface area (Å²) >= 11 is 1.21. The van der Waals surface area contributed by atoms with Crippen LogP contribution in [0.4, 0.5) is 26.2 Å². The van der Waals surface area contributed by atoms with Crippen molar-refractivity contribution in [2.24, 2.45) is 20.7 Å². The Morgan fingerprint density at radius 3 is 2.63 bits per heavy atom. The van der Waals surface area contributed by atoms with Crippen molar-refractivity contribution in [2.75, 3.05) is 22.6 Å². The van der Waals surface area contributed by atoms with Gasteiger partial charge in [0.25, 0.3) is 0 Å². The summed E-state index contributed by atoms with van der Waals surface area (Å²) in [7, 11) is 0. The summed E-state index contributed by atoms with van der Waals surface area (Å²) in [6.45, 7) is 7.85. The number of nitrogens with one attached hydrogen (secondary N) is 1. The fourth-order valence-electron chi connectivity index (χ4n) is 4.12. The molecule has 1 aliphatic heterocycles. The first kappa shape index (κ1) is 31.4. The third kappa shape index (κ3) is 8.49. The van der Waals surface area contributed by atoms with Gasteiger partial charge in [-0.3, -0.25) is 9.69 Å². The SMILES string of the molecule is CCOCc1ccc(C)cc1N1C(=O)CS/C1=N\C(=O)Nc1ccc(C(N)=NC=Nc2ccc(OC(C)F)cc2)cc1C. The number of carbonyl (C=O) groups excluding carboxylic acids is 2. The molecule has 3 N–H and O–H groups in total. The molecule has 0 saturated carbocycles. The van der Waals surface area contributed by atoms with Crippen molar-refractivity contribution >= 4 is 58.1 Å². The molecule has 3 amide bonds. The number of hydrogen-bond donors (Lipinski definition) is 2. The molecular weight excluding hydrogens is 571 g/mol. The summed E-state index contributed by atoms with van der Waals surface area (Å²) in [6.07, 6.45) is -0.0779. The second kappa shape index (κ2) is 14.6. The number of rotatable bonds is 10. The Balaban J connectivity index is 1.44. The van der Waals surface area contributed by atoms with Gasteiger partial charge in [0.1, 0.15) is 17.9 Å². The van der Waals surface area contributed by atoms with Gasteiger partial charge in [0, 0.05) is 30.3 Å². The molecule has 4 rings (SSSR count). The lowest BCUT2D eigenvalue weighted by atomic mass is 10.1. The van der Waals surface area contributed by atoms with Crippen molar-refractivity contribution in [1.29, 1.82) is 0 Å². The molecule has 1 heterocycles. The Kier molecular flexibility index (Phi) is 10.6. The number of alkyl halides is 1. The van der Waals surface area contributed by atoms with Gasteiger partial charge in [-0.2, -0.15) is 4.99 Å². The van der Waals surface area contributed by atoms with Gasteiger partial charge in [0.15, 0.2) is 5.17 Å². The molecule has 0 aliphatic carbocycles. The lowest BCUT2D eigenvalue weighted by molar-refractivity contribution is -0.115. The number of ether oxygens (including phenoxy) is 2. The number of anilines is 2. The molecule has 1 unspecified atom stereocenters. The largest absolute Gasteiger partial charge is 0.461 e. The molecule has 12 heteroatoms. The average Bonchev–Trinajstić information content (AvgIpc) is 3.33. The van der Waals surface area contributed by atoms with E-state index in [0.717, 1.165) is 16.7 Å².